The van der Waals surface area contributed by atoms with Crippen molar-refractivity contribution in [3.63, 3.8) is 0 Å². The van der Waals surface area contributed by atoms with E-state index >= 15 is 0 Å². The Balaban J connectivity index is 1.62. The smallest absolute Gasteiger partial charge is 0.252 e. The second-order valence-corrected chi connectivity index (χ2v) is 5.35. The van der Waals surface area contributed by atoms with Gasteiger partial charge in [-0.2, -0.15) is 5.10 Å². The van der Waals surface area contributed by atoms with Gasteiger partial charge in [-0.3, -0.25) is 9.89 Å². The van der Waals surface area contributed by atoms with Crippen molar-refractivity contribution in [3.05, 3.63) is 17.0 Å². The van der Waals surface area contributed by atoms with Crippen LogP contribution in [0, 0.1) is 0 Å². The molecule has 18 heavy (non-hydrogen) atoms. The van der Waals surface area contributed by atoms with E-state index in [0.717, 1.165) is 31.4 Å². The summed E-state index contributed by atoms with van der Waals surface area (Å²) in [6.07, 6.45) is 5.10. The third-order valence-corrected chi connectivity index (χ3v) is 4.01. The Kier molecular flexibility index (Phi) is 2.86. The average Bonchev–Trinajstić information content (AvgIpc) is 3.02. The molecule has 1 aliphatic carbocycles. The number of rotatable bonds is 3. The molecular weight excluding hydrogens is 230 g/mol. The number of nitrogens with zero attached hydrogens (tertiary/aromatic N) is 1. The Morgan fingerprint density at radius 1 is 1.50 bits per heavy atom. The van der Waals surface area contributed by atoms with Gasteiger partial charge < -0.3 is 10.1 Å². The first-order chi connectivity index (χ1) is 8.69. The fourth-order valence-corrected chi connectivity index (χ4v) is 2.84. The van der Waals surface area contributed by atoms with E-state index in [1.807, 2.05) is 6.92 Å². The lowest BCUT2D eigenvalue weighted by atomic mass is 10.0. The van der Waals surface area contributed by atoms with Gasteiger partial charge in [0.05, 0.1) is 12.2 Å². The molecule has 2 heterocycles. The van der Waals surface area contributed by atoms with Crippen LogP contribution in [-0.4, -0.2) is 28.3 Å². The van der Waals surface area contributed by atoms with Crippen LogP contribution in [0.3, 0.4) is 0 Å². The first-order valence-electron chi connectivity index (χ1n) is 6.66. The SMILES string of the molecule is CC1(C(=O)NCc2n[nH]c3c2CCC3)CCCO1. The van der Waals surface area contributed by atoms with Gasteiger partial charge in [-0.05, 0) is 44.6 Å². The largest absolute Gasteiger partial charge is 0.365 e. The van der Waals surface area contributed by atoms with E-state index in [1.165, 1.54) is 17.7 Å². The lowest BCUT2D eigenvalue weighted by Crippen LogP contribution is -2.43. The Morgan fingerprint density at radius 3 is 3.17 bits per heavy atom. The number of carbonyl (C=O) groups is 1. The van der Waals surface area contributed by atoms with Gasteiger partial charge in [0, 0.05) is 12.3 Å². The highest BCUT2D eigenvalue weighted by molar-refractivity contribution is 5.84. The molecule has 5 nitrogen and oxygen atoms in total. The molecule has 1 fully saturated rings. The number of fused-ring (bicyclic) bond motifs is 1. The van der Waals surface area contributed by atoms with Gasteiger partial charge in [0.2, 0.25) is 0 Å². The lowest BCUT2D eigenvalue weighted by molar-refractivity contribution is -0.139. The highest BCUT2D eigenvalue weighted by Gasteiger charge is 2.37. The monoisotopic (exact) mass is 249 g/mol. The summed E-state index contributed by atoms with van der Waals surface area (Å²) in [6.45, 7) is 3.05. The Morgan fingerprint density at radius 2 is 2.39 bits per heavy atom. The minimum Gasteiger partial charge on any atom is -0.365 e. The third kappa shape index (κ3) is 1.92. The molecule has 1 amide bonds. The molecule has 98 valence electrons. The summed E-state index contributed by atoms with van der Waals surface area (Å²) >= 11 is 0. The molecule has 5 heteroatoms. The Labute approximate surface area is 106 Å². The molecule has 0 bridgehead atoms. The molecule has 1 aliphatic heterocycles. The van der Waals surface area contributed by atoms with Crippen LogP contribution in [0.2, 0.25) is 0 Å². The van der Waals surface area contributed by atoms with Crippen LogP contribution in [-0.2, 0) is 28.9 Å². The van der Waals surface area contributed by atoms with E-state index in [-0.39, 0.29) is 5.91 Å². The van der Waals surface area contributed by atoms with Gasteiger partial charge in [-0.15, -0.1) is 0 Å². The summed E-state index contributed by atoms with van der Waals surface area (Å²) in [7, 11) is 0. The quantitative estimate of drug-likeness (QED) is 0.842. The van der Waals surface area contributed by atoms with Gasteiger partial charge in [0.15, 0.2) is 0 Å². The molecule has 3 rings (SSSR count). The zero-order chi connectivity index (χ0) is 12.6. The van der Waals surface area contributed by atoms with E-state index < -0.39 is 5.60 Å². The zero-order valence-electron chi connectivity index (χ0n) is 10.7. The molecule has 1 aromatic heterocycles. The number of amides is 1. The van der Waals surface area contributed by atoms with Crippen molar-refractivity contribution < 1.29 is 9.53 Å². The number of hydrogen-bond donors (Lipinski definition) is 2. The molecule has 2 aliphatic rings. The molecule has 1 aromatic rings. The Hall–Kier alpha value is -1.36. The Bertz CT molecular complexity index is 461. The first kappa shape index (κ1) is 11.7. The van der Waals surface area contributed by atoms with Crippen molar-refractivity contribution in [2.75, 3.05) is 6.61 Å². The van der Waals surface area contributed by atoms with Crippen LogP contribution >= 0.6 is 0 Å². The number of aromatic amines is 1. The molecule has 2 N–H and O–H groups in total. The van der Waals surface area contributed by atoms with Crippen molar-refractivity contribution in [1.29, 1.82) is 0 Å². The number of hydrogen-bond acceptors (Lipinski definition) is 3. The first-order valence-corrected chi connectivity index (χ1v) is 6.66. The summed E-state index contributed by atoms with van der Waals surface area (Å²) in [5, 5.41) is 10.3. The minimum absolute atomic E-state index is 0.0188. The van der Waals surface area contributed by atoms with Crippen LogP contribution in [0.15, 0.2) is 0 Å². The molecule has 0 saturated carbocycles. The van der Waals surface area contributed by atoms with Crippen molar-refractivity contribution in [3.8, 4) is 0 Å². The number of carbonyl (C=O) groups excluding carboxylic acids is 1. The summed E-state index contributed by atoms with van der Waals surface area (Å²) in [6, 6.07) is 0. The van der Waals surface area contributed by atoms with Gasteiger partial charge in [-0.25, -0.2) is 0 Å². The van der Waals surface area contributed by atoms with E-state index in [4.69, 9.17) is 4.74 Å². The maximum atomic E-state index is 12.1. The van der Waals surface area contributed by atoms with Crippen molar-refractivity contribution in [2.45, 2.75) is 51.2 Å². The van der Waals surface area contributed by atoms with Crippen LogP contribution in [0.5, 0.6) is 0 Å². The molecule has 1 atom stereocenters. The van der Waals surface area contributed by atoms with Gasteiger partial charge >= 0.3 is 0 Å². The highest BCUT2D eigenvalue weighted by atomic mass is 16.5. The summed E-state index contributed by atoms with van der Waals surface area (Å²) in [5.74, 6) is -0.0188. The average molecular weight is 249 g/mol. The van der Waals surface area contributed by atoms with E-state index in [0.29, 0.717) is 13.2 Å². The number of aryl methyl sites for hydroxylation is 1. The highest BCUT2D eigenvalue weighted by Crippen LogP contribution is 2.26. The van der Waals surface area contributed by atoms with Crippen LogP contribution in [0.1, 0.15) is 43.1 Å². The maximum Gasteiger partial charge on any atom is 0.252 e. The topological polar surface area (TPSA) is 67.0 Å². The lowest BCUT2D eigenvalue weighted by Gasteiger charge is -2.21. The van der Waals surface area contributed by atoms with Crippen molar-refractivity contribution >= 4 is 5.91 Å². The molecule has 0 spiro atoms. The summed E-state index contributed by atoms with van der Waals surface area (Å²) in [4.78, 5) is 12.1. The molecule has 1 unspecified atom stereocenters. The van der Waals surface area contributed by atoms with Gasteiger partial charge in [0.25, 0.3) is 5.91 Å². The van der Waals surface area contributed by atoms with Crippen LogP contribution in [0.4, 0.5) is 0 Å². The zero-order valence-corrected chi connectivity index (χ0v) is 10.7. The standard InChI is InChI=1S/C13H19N3O2/c1-13(6-3-7-18-13)12(17)14-8-11-9-4-2-5-10(9)15-16-11/h2-8H2,1H3,(H,14,17)(H,15,16). The van der Waals surface area contributed by atoms with E-state index in [9.17, 15) is 4.79 Å². The number of aromatic nitrogens is 2. The molecule has 0 radical (unpaired) electrons. The maximum absolute atomic E-state index is 12.1. The second-order valence-electron chi connectivity index (χ2n) is 5.35. The predicted molar refractivity (Wildman–Crippen MR) is 66.1 cm³/mol. The predicted octanol–water partition coefficient (Wildman–Crippen LogP) is 1.08. The van der Waals surface area contributed by atoms with E-state index in [2.05, 4.69) is 15.5 Å². The number of H-pyrrole nitrogens is 1. The number of nitrogens with one attached hydrogen (secondary N) is 2. The second kappa shape index (κ2) is 4.39. The third-order valence-electron chi connectivity index (χ3n) is 4.01. The van der Waals surface area contributed by atoms with Crippen LogP contribution < -0.4 is 5.32 Å². The minimum atomic E-state index is -0.639. The van der Waals surface area contributed by atoms with Crippen molar-refractivity contribution in [1.82, 2.24) is 15.5 Å². The summed E-state index contributed by atoms with van der Waals surface area (Å²) < 4.78 is 5.52. The van der Waals surface area contributed by atoms with Gasteiger partial charge in [0.1, 0.15) is 5.60 Å². The molecular formula is C13H19N3O2. The molecule has 1 saturated heterocycles. The number of ether oxygens (including phenoxy) is 1. The molecule has 0 aromatic carbocycles. The van der Waals surface area contributed by atoms with Gasteiger partial charge in [-0.1, -0.05) is 0 Å². The fourth-order valence-electron chi connectivity index (χ4n) is 2.84. The fraction of sp³-hybridized carbons (Fsp3) is 0.692. The van der Waals surface area contributed by atoms with Crippen LogP contribution in [0.25, 0.3) is 0 Å². The summed E-state index contributed by atoms with van der Waals surface area (Å²) in [5.41, 5.74) is 2.88. The van der Waals surface area contributed by atoms with E-state index in [1.54, 1.807) is 0 Å². The van der Waals surface area contributed by atoms with Crippen molar-refractivity contribution in [2.24, 2.45) is 0 Å². The normalized spacial score (nSPS) is 26.3.